The number of alkyl halides is 3. The van der Waals surface area contributed by atoms with E-state index in [1.165, 1.54) is 29.4 Å². The number of rotatable bonds is 2. The summed E-state index contributed by atoms with van der Waals surface area (Å²) in [6, 6.07) is 8.89. The van der Waals surface area contributed by atoms with E-state index in [9.17, 15) is 13.2 Å². The SMILES string of the molecule is CCc1ccc2nc(N3CCCC3)cc(C)c2c1.O=C(O)C(F)(F)F. The topological polar surface area (TPSA) is 53.4 Å². The van der Waals surface area contributed by atoms with Gasteiger partial charge >= 0.3 is 12.1 Å². The van der Waals surface area contributed by atoms with E-state index in [1.54, 1.807) is 0 Å². The highest BCUT2D eigenvalue weighted by atomic mass is 19.4. The first kappa shape index (κ1) is 19.0. The Bertz CT molecular complexity index is 754. The van der Waals surface area contributed by atoms with Gasteiger partial charge in [0, 0.05) is 18.5 Å². The molecule has 2 aromatic rings. The maximum Gasteiger partial charge on any atom is 0.490 e. The van der Waals surface area contributed by atoms with Gasteiger partial charge in [-0.3, -0.25) is 0 Å². The van der Waals surface area contributed by atoms with Crippen molar-refractivity contribution in [2.24, 2.45) is 0 Å². The minimum atomic E-state index is -5.08. The molecule has 2 heterocycles. The molecule has 4 nitrogen and oxygen atoms in total. The van der Waals surface area contributed by atoms with Gasteiger partial charge in [0.25, 0.3) is 0 Å². The van der Waals surface area contributed by atoms with Crippen LogP contribution in [0.15, 0.2) is 24.3 Å². The lowest BCUT2D eigenvalue weighted by atomic mass is 10.1. The second kappa shape index (κ2) is 7.72. The molecule has 1 aromatic carbocycles. The summed E-state index contributed by atoms with van der Waals surface area (Å²) in [6.45, 7) is 6.71. The Labute approximate surface area is 144 Å². The average Bonchev–Trinajstić information content (AvgIpc) is 3.08. The third kappa shape index (κ3) is 4.84. The predicted octanol–water partition coefficient (Wildman–Crippen LogP) is 4.34. The molecule has 1 aliphatic rings. The van der Waals surface area contributed by atoms with Crippen LogP contribution in [0.25, 0.3) is 10.9 Å². The molecule has 25 heavy (non-hydrogen) atoms. The highest BCUT2D eigenvalue weighted by molar-refractivity contribution is 5.84. The fourth-order valence-corrected chi connectivity index (χ4v) is 2.75. The normalized spacial score (nSPS) is 14.4. The van der Waals surface area contributed by atoms with Gasteiger partial charge in [0.2, 0.25) is 0 Å². The van der Waals surface area contributed by atoms with Crippen LogP contribution in [0.2, 0.25) is 0 Å². The molecule has 0 radical (unpaired) electrons. The van der Waals surface area contributed by atoms with Gasteiger partial charge in [0.15, 0.2) is 0 Å². The van der Waals surface area contributed by atoms with E-state index in [0.29, 0.717) is 0 Å². The number of pyridine rings is 1. The van der Waals surface area contributed by atoms with Gasteiger partial charge in [-0.05, 0) is 55.5 Å². The summed E-state index contributed by atoms with van der Waals surface area (Å²) in [5, 5.41) is 8.43. The lowest BCUT2D eigenvalue weighted by molar-refractivity contribution is -0.192. The second-order valence-electron chi connectivity index (χ2n) is 6.00. The number of aliphatic carboxylic acids is 1. The monoisotopic (exact) mass is 354 g/mol. The van der Waals surface area contributed by atoms with Crippen molar-refractivity contribution in [1.29, 1.82) is 0 Å². The van der Waals surface area contributed by atoms with Gasteiger partial charge in [-0.25, -0.2) is 9.78 Å². The molecule has 1 aliphatic heterocycles. The zero-order valence-electron chi connectivity index (χ0n) is 14.2. The minimum Gasteiger partial charge on any atom is -0.475 e. The zero-order chi connectivity index (χ0) is 18.6. The number of halogens is 3. The van der Waals surface area contributed by atoms with E-state index >= 15 is 0 Å². The van der Waals surface area contributed by atoms with Crippen LogP contribution in [-0.4, -0.2) is 35.3 Å². The molecule has 1 aromatic heterocycles. The van der Waals surface area contributed by atoms with Gasteiger partial charge < -0.3 is 10.0 Å². The molecule has 0 spiro atoms. The molecule has 0 aliphatic carbocycles. The van der Waals surface area contributed by atoms with Crippen LogP contribution in [-0.2, 0) is 11.2 Å². The number of carboxylic acid groups (broad SMARTS) is 1. The van der Waals surface area contributed by atoms with Crippen molar-refractivity contribution < 1.29 is 23.1 Å². The van der Waals surface area contributed by atoms with Crippen molar-refractivity contribution in [2.75, 3.05) is 18.0 Å². The number of fused-ring (bicyclic) bond motifs is 1. The summed E-state index contributed by atoms with van der Waals surface area (Å²) in [5.41, 5.74) is 3.87. The predicted molar refractivity (Wildman–Crippen MR) is 91.0 cm³/mol. The fraction of sp³-hybridized carbons (Fsp3) is 0.444. The number of hydrogen-bond donors (Lipinski definition) is 1. The van der Waals surface area contributed by atoms with E-state index in [4.69, 9.17) is 14.9 Å². The van der Waals surface area contributed by atoms with Gasteiger partial charge in [0.05, 0.1) is 5.52 Å². The van der Waals surface area contributed by atoms with Crippen molar-refractivity contribution in [3.05, 3.63) is 35.4 Å². The van der Waals surface area contributed by atoms with Crippen LogP contribution in [0.5, 0.6) is 0 Å². The van der Waals surface area contributed by atoms with Crippen LogP contribution in [0.4, 0.5) is 19.0 Å². The van der Waals surface area contributed by atoms with Crippen molar-refractivity contribution in [3.63, 3.8) is 0 Å². The maximum absolute atomic E-state index is 10.6. The zero-order valence-corrected chi connectivity index (χ0v) is 14.2. The number of benzene rings is 1. The molecule has 136 valence electrons. The summed E-state index contributed by atoms with van der Waals surface area (Å²) in [7, 11) is 0. The molecule has 1 N–H and O–H groups in total. The summed E-state index contributed by atoms with van der Waals surface area (Å²) in [4.78, 5) is 16.1. The number of aromatic nitrogens is 1. The third-order valence-electron chi connectivity index (χ3n) is 4.15. The summed E-state index contributed by atoms with van der Waals surface area (Å²) in [5.74, 6) is -1.60. The van der Waals surface area contributed by atoms with Crippen LogP contribution < -0.4 is 4.90 Å². The Balaban J connectivity index is 0.000000277. The van der Waals surface area contributed by atoms with Crippen LogP contribution in [0.3, 0.4) is 0 Å². The Morgan fingerprint density at radius 3 is 2.36 bits per heavy atom. The first-order chi connectivity index (χ1) is 11.7. The molecule has 3 rings (SSSR count). The van der Waals surface area contributed by atoms with E-state index < -0.39 is 12.1 Å². The number of carbonyl (C=O) groups is 1. The Morgan fingerprint density at radius 1 is 1.24 bits per heavy atom. The molecular formula is C18H21F3N2O2. The summed E-state index contributed by atoms with van der Waals surface area (Å²) >= 11 is 0. The van der Waals surface area contributed by atoms with Crippen LogP contribution >= 0.6 is 0 Å². The number of hydrogen-bond acceptors (Lipinski definition) is 3. The molecule has 0 saturated carbocycles. The van der Waals surface area contributed by atoms with Crippen molar-refractivity contribution in [1.82, 2.24) is 4.98 Å². The smallest absolute Gasteiger partial charge is 0.475 e. The van der Waals surface area contributed by atoms with Crippen molar-refractivity contribution in [2.45, 2.75) is 39.3 Å². The van der Waals surface area contributed by atoms with Gasteiger partial charge in [-0.15, -0.1) is 0 Å². The van der Waals surface area contributed by atoms with E-state index in [-0.39, 0.29) is 0 Å². The van der Waals surface area contributed by atoms with Crippen molar-refractivity contribution >= 4 is 22.7 Å². The van der Waals surface area contributed by atoms with Gasteiger partial charge in [0.1, 0.15) is 5.82 Å². The number of aryl methyl sites for hydroxylation is 2. The lowest BCUT2D eigenvalue weighted by Crippen LogP contribution is -2.21. The second-order valence-corrected chi connectivity index (χ2v) is 6.00. The minimum absolute atomic E-state index is 1.09. The van der Waals surface area contributed by atoms with Crippen LogP contribution in [0, 0.1) is 6.92 Å². The molecule has 0 atom stereocenters. The van der Waals surface area contributed by atoms with Gasteiger partial charge in [-0.2, -0.15) is 13.2 Å². The third-order valence-corrected chi connectivity index (χ3v) is 4.15. The Morgan fingerprint density at radius 2 is 1.84 bits per heavy atom. The average molecular weight is 354 g/mol. The maximum atomic E-state index is 10.6. The molecule has 0 unspecified atom stereocenters. The number of anilines is 1. The molecule has 7 heteroatoms. The molecule has 0 amide bonds. The van der Waals surface area contributed by atoms with Crippen LogP contribution in [0.1, 0.15) is 30.9 Å². The van der Waals surface area contributed by atoms with E-state index in [1.807, 2.05) is 0 Å². The molecule has 0 bridgehead atoms. The number of carboxylic acids is 1. The standard InChI is InChI=1S/C16H20N2.C2HF3O2/c1-3-13-6-7-15-14(11-13)12(2)10-16(17-15)18-8-4-5-9-18;3-2(4,5)1(6)7/h6-7,10-11H,3-5,8-9H2,1-2H3;(H,6,7). The fourth-order valence-electron chi connectivity index (χ4n) is 2.75. The van der Waals surface area contributed by atoms with Crippen molar-refractivity contribution in [3.8, 4) is 0 Å². The Kier molecular flexibility index (Phi) is 5.87. The van der Waals surface area contributed by atoms with E-state index in [0.717, 1.165) is 30.8 Å². The summed E-state index contributed by atoms with van der Waals surface area (Å²) < 4.78 is 31.7. The number of nitrogens with zero attached hydrogens (tertiary/aromatic N) is 2. The largest absolute Gasteiger partial charge is 0.490 e. The first-order valence-corrected chi connectivity index (χ1v) is 8.17. The highest BCUT2D eigenvalue weighted by Crippen LogP contribution is 2.25. The first-order valence-electron chi connectivity index (χ1n) is 8.17. The molecule has 1 saturated heterocycles. The summed E-state index contributed by atoms with van der Waals surface area (Å²) in [6.07, 6.45) is -1.40. The molecule has 1 fully saturated rings. The van der Waals surface area contributed by atoms with Gasteiger partial charge in [-0.1, -0.05) is 13.0 Å². The Hall–Kier alpha value is -2.31. The highest BCUT2D eigenvalue weighted by Gasteiger charge is 2.38. The quantitative estimate of drug-likeness (QED) is 0.872. The molecular weight excluding hydrogens is 333 g/mol. The van der Waals surface area contributed by atoms with E-state index in [2.05, 4.69) is 43.0 Å². The lowest BCUT2D eigenvalue weighted by Gasteiger charge is -2.18.